The van der Waals surface area contributed by atoms with E-state index in [4.69, 9.17) is 4.74 Å². The molecule has 4 aromatic rings. The van der Waals surface area contributed by atoms with Crippen LogP contribution in [0.4, 0.5) is 5.95 Å². The summed E-state index contributed by atoms with van der Waals surface area (Å²) in [6.07, 6.45) is 1.70. The Morgan fingerprint density at radius 2 is 1.61 bits per heavy atom. The summed E-state index contributed by atoms with van der Waals surface area (Å²) < 4.78 is 7.37. The number of hydrogen-bond donors (Lipinski definition) is 1. The van der Waals surface area contributed by atoms with Crippen LogP contribution in [0.15, 0.2) is 90.0 Å². The first kappa shape index (κ1) is 17.4. The van der Waals surface area contributed by atoms with Crippen molar-refractivity contribution in [3.63, 3.8) is 0 Å². The fourth-order valence-electron chi connectivity index (χ4n) is 2.56. The van der Waals surface area contributed by atoms with E-state index in [9.17, 15) is 0 Å². The second kappa shape index (κ2) is 8.59. The number of para-hydroxylation sites is 1. The van der Waals surface area contributed by atoms with E-state index in [-0.39, 0.29) is 0 Å². The van der Waals surface area contributed by atoms with Crippen molar-refractivity contribution in [1.29, 1.82) is 0 Å². The molecule has 7 heteroatoms. The third-order valence-electron chi connectivity index (χ3n) is 3.98. The van der Waals surface area contributed by atoms with Crippen LogP contribution in [0.1, 0.15) is 11.1 Å². The van der Waals surface area contributed by atoms with Crippen molar-refractivity contribution in [2.24, 2.45) is 5.10 Å². The van der Waals surface area contributed by atoms with E-state index in [2.05, 4.69) is 26.1 Å². The van der Waals surface area contributed by atoms with Crippen LogP contribution < -0.4 is 10.2 Å². The molecule has 3 aromatic carbocycles. The maximum atomic E-state index is 5.79. The maximum absolute atomic E-state index is 5.79. The Morgan fingerprint density at radius 3 is 2.36 bits per heavy atom. The molecular formula is C21H18N6O. The maximum Gasteiger partial charge on any atom is 0.268 e. The van der Waals surface area contributed by atoms with Gasteiger partial charge in [-0.15, -0.1) is 0 Å². The molecule has 0 radical (unpaired) electrons. The van der Waals surface area contributed by atoms with Gasteiger partial charge in [0, 0.05) is 0 Å². The first-order chi connectivity index (χ1) is 13.9. The third kappa shape index (κ3) is 4.39. The Balaban J connectivity index is 1.35. The zero-order valence-corrected chi connectivity index (χ0v) is 15.0. The SMILES string of the molecule is C(=N\Nc1nnnn1-c1ccccc1)/c1ccc(OCc2ccccc2)cc1. The Bertz CT molecular complexity index is 1030. The summed E-state index contributed by atoms with van der Waals surface area (Å²) >= 11 is 0. The highest BCUT2D eigenvalue weighted by molar-refractivity contribution is 5.80. The minimum Gasteiger partial charge on any atom is -0.489 e. The highest BCUT2D eigenvalue weighted by Gasteiger charge is 2.06. The number of anilines is 1. The predicted octanol–water partition coefficient (Wildman–Crippen LogP) is 3.69. The van der Waals surface area contributed by atoms with Gasteiger partial charge in [0.2, 0.25) is 0 Å². The molecule has 1 N–H and O–H groups in total. The van der Waals surface area contributed by atoms with Crippen molar-refractivity contribution in [3.8, 4) is 11.4 Å². The molecule has 0 saturated carbocycles. The second-order valence-electron chi connectivity index (χ2n) is 5.96. The monoisotopic (exact) mass is 370 g/mol. The van der Waals surface area contributed by atoms with E-state index in [0.717, 1.165) is 22.6 Å². The molecule has 138 valence electrons. The largest absolute Gasteiger partial charge is 0.489 e. The van der Waals surface area contributed by atoms with Gasteiger partial charge in [0.1, 0.15) is 12.4 Å². The van der Waals surface area contributed by atoms with E-state index >= 15 is 0 Å². The molecule has 1 aromatic heterocycles. The van der Waals surface area contributed by atoms with Crippen LogP contribution in [0.3, 0.4) is 0 Å². The van der Waals surface area contributed by atoms with E-state index < -0.39 is 0 Å². The Morgan fingerprint density at radius 1 is 0.893 bits per heavy atom. The van der Waals surface area contributed by atoms with Crippen molar-refractivity contribution >= 4 is 12.2 Å². The molecule has 0 spiro atoms. The smallest absolute Gasteiger partial charge is 0.268 e. The topological polar surface area (TPSA) is 77.2 Å². The van der Waals surface area contributed by atoms with Crippen LogP contribution in [-0.4, -0.2) is 26.4 Å². The molecule has 0 unspecified atom stereocenters. The average Bonchev–Trinajstić information content (AvgIpc) is 3.23. The summed E-state index contributed by atoms with van der Waals surface area (Å²) in [7, 11) is 0. The van der Waals surface area contributed by atoms with Gasteiger partial charge < -0.3 is 4.74 Å². The van der Waals surface area contributed by atoms with Crippen LogP contribution in [0, 0.1) is 0 Å². The van der Waals surface area contributed by atoms with Crippen molar-refractivity contribution in [1.82, 2.24) is 20.2 Å². The summed E-state index contributed by atoms with van der Waals surface area (Å²) in [5.41, 5.74) is 5.78. The summed E-state index contributed by atoms with van der Waals surface area (Å²) in [4.78, 5) is 0. The molecule has 0 atom stereocenters. The normalized spacial score (nSPS) is 10.9. The quantitative estimate of drug-likeness (QED) is 0.397. The average molecular weight is 370 g/mol. The molecule has 4 rings (SSSR count). The zero-order valence-electron chi connectivity index (χ0n) is 15.0. The lowest BCUT2D eigenvalue weighted by Gasteiger charge is -2.06. The van der Waals surface area contributed by atoms with Crippen LogP contribution >= 0.6 is 0 Å². The Hall–Kier alpha value is -4.00. The summed E-state index contributed by atoms with van der Waals surface area (Å²) in [5.74, 6) is 1.24. The predicted molar refractivity (Wildman–Crippen MR) is 108 cm³/mol. The van der Waals surface area contributed by atoms with Gasteiger partial charge in [-0.05, 0) is 58.0 Å². The fourth-order valence-corrected chi connectivity index (χ4v) is 2.56. The number of nitrogens with zero attached hydrogens (tertiary/aromatic N) is 5. The van der Waals surface area contributed by atoms with Gasteiger partial charge in [0.25, 0.3) is 5.95 Å². The first-order valence-corrected chi connectivity index (χ1v) is 8.78. The van der Waals surface area contributed by atoms with Gasteiger partial charge in [0.15, 0.2) is 0 Å². The molecule has 0 fully saturated rings. The molecule has 7 nitrogen and oxygen atoms in total. The Labute approximate surface area is 162 Å². The van der Waals surface area contributed by atoms with Crippen molar-refractivity contribution in [2.45, 2.75) is 6.61 Å². The molecule has 0 aliphatic rings. The summed E-state index contributed by atoms with van der Waals surface area (Å²) in [6, 6.07) is 27.4. The van der Waals surface area contributed by atoms with E-state index in [1.165, 1.54) is 0 Å². The van der Waals surface area contributed by atoms with Crippen molar-refractivity contribution in [2.75, 3.05) is 5.43 Å². The highest BCUT2D eigenvalue weighted by atomic mass is 16.5. The number of nitrogens with one attached hydrogen (secondary N) is 1. The van der Waals surface area contributed by atoms with Crippen LogP contribution in [-0.2, 0) is 6.61 Å². The highest BCUT2D eigenvalue weighted by Crippen LogP contribution is 2.14. The minimum absolute atomic E-state index is 0.435. The number of benzene rings is 3. The number of rotatable bonds is 7. The van der Waals surface area contributed by atoms with Gasteiger partial charge >= 0.3 is 0 Å². The molecular weight excluding hydrogens is 352 g/mol. The number of hydrazone groups is 1. The van der Waals surface area contributed by atoms with Gasteiger partial charge in [-0.3, -0.25) is 0 Å². The number of aromatic nitrogens is 4. The van der Waals surface area contributed by atoms with Gasteiger partial charge in [-0.2, -0.15) is 9.78 Å². The van der Waals surface area contributed by atoms with Gasteiger partial charge in [-0.25, -0.2) is 5.43 Å². The first-order valence-electron chi connectivity index (χ1n) is 8.78. The molecule has 0 aliphatic carbocycles. The Kier molecular flexibility index (Phi) is 5.34. The molecule has 0 bridgehead atoms. The van der Waals surface area contributed by atoms with Gasteiger partial charge in [-0.1, -0.05) is 53.6 Å². The van der Waals surface area contributed by atoms with E-state index in [0.29, 0.717) is 12.6 Å². The van der Waals surface area contributed by atoms with Gasteiger partial charge in [0.05, 0.1) is 11.9 Å². The lowest BCUT2D eigenvalue weighted by molar-refractivity contribution is 0.306. The van der Waals surface area contributed by atoms with Crippen molar-refractivity contribution < 1.29 is 4.74 Å². The van der Waals surface area contributed by atoms with Crippen LogP contribution in [0.25, 0.3) is 5.69 Å². The number of hydrogen-bond acceptors (Lipinski definition) is 6. The molecule has 0 aliphatic heterocycles. The molecule has 0 saturated heterocycles. The molecule has 0 amide bonds. The third-order valence-corrected chi connectivity index (χ3v) is 3.98. The second-order valence-corrected chi connectivity index (χ2v) is 5.96. The zero-order chi connectivity index (χ0) is 19.0. The fraction of sp³-hybridized carbons (Fsp3) is 0.0476. The lowest BCUT2D eigenvalue weighted by Crippen LogP contribution is -2.03. The molecule has 1 heterocycles. The lowest BCUT2D eigenvalue weighted by atomic mass is 10.2. The van der Waals surface area contributed by atoms with Crippen LogP contribution in [0.5, 0.6) is 5.75 Å². The van der Waals surface area contributed by atoms with E-state index in [1.54, 1.807) is 10.9 Å². The van der Waals surface area contributed by atoms with Crippen LogP contribution in [0.2, 0.25) is 0 Å². The standard InChI is InChI=1S/C21H18N6O/c1-3-7-18(8-4-1)16-28-20-13-11-17(12-14-20)15-22-23-21-24-25-26-27(21)19-9-5-2-6-10-19/h1-15H,16H2,(H,23,24,26)/b22-15+. The minimum atomic E-state index is 0.435. The molecule has 28 heavy (non-hydrogen) atoms. The summed E-state index contributed by atoms with van der Waals surface area (Å²) in [5, 5.41) is 15.8. The number of ether oxygens (including phenoxy) is 1. The van der Waals surface area contributed by atoms with E-state index in [1.807, 2.05) is 84.9 Å². The number of tetrazole rings is 1. The summed E-state index contributed by atoms with van der Waals surface area (Å²) in [6.45, 7) is 0.540. The van der Waals surface area contributed by atoms with Crippen molar-refractivity contribution in [3.05, 3.63) is 96.1 Å².